The molecule has 0 radical (unpaired) electrons. The van der Waals surface area contributed by atoms with E-state index in [1.54, 1.807) is 24.3 Å². The summed E-state index contributed by atoms with van der Waals surface area (Å²) < 4.78 is 0. The summed E-state index contributed by atoms with van der Waals surface area (Å²) in [5.74, 6) is -0.00265. The van der Waals surface area contributed by atoms with Gasteiger partial charge >= 0.3 is 0 Å². The summed E-state index contributed by atoms with van der Waals surface area (Å²) in [7, 11) is 0. The van der Waals surface area contributed by atoms with Gasteiger partial charge in [0, 0.05) is 23.7 Å². The highest BCUT2D eigenvalue weighted by Crippen LogP contribution is 2.17. The summed E-state index contributed by atoms with van der Waals surface area (Å²) in [6.45, 7) is 8.15. The van der Waals surface area contributed by atoms with E-state index >= 15 is 0 Å². The maximum atomic E-state index is 12.3. The number of anilines is 1. The van der Waals surface area contributed by atoms with Crippen molar-refractivity contribution in [2.75, 3.05) is 5.32 Å². The van der Waals surface area contributed by atoms with Crippen LogP contribution < -0.4 is 10.6 Å². The molecule has 0 spiro atoms. The van der Waals surface area contributed by atoms with Crippen LogP contribution >= 0.6 is 11.3 Å². The van der Waals surface area contributed by atoms with Crippen LogP contribution in [0.5, 0.6) is 0 Å². The van der Waals surface area contributed by atoms with Crippen molar-refractivity contribution in [1.82, 2.24) is 15.5 Å². The molecular weight excluding hydrogens is 336 g/mol. The van der Waals surface area contributed by atoms with Crippen LogP contribution in [0, 0.1) is 5.92 Å². The Labute approximate surface area is 152 Å². The maximum absolute atomic E-state index is 12.3. The Hall–Kier alpha value is -2.28. The molecule has 0 saturated carbocycles. The average Bonchev–Trinajstić information content (AvgIpc) is 3.02. The van der Waals surface area contributed by atoms with E-state index in [9.17, 15) is 9.59 Å². The van der Waals surface area contributed by atoms with Gasteiger partial charge < -0.3 is 10.6 Å². The van der Waals surface area contributed by atoms with Crippen LogP contribution in [0.3, 0.4) is 0 Å². The van der Waals surface area contributed by atoms with Gasteiger partial charge in [0.25, 0.3) is 11.8 Å². The molecule has 2 amide bonds. The van der Waals surface area contributed by atoms with Crippen molar-refractivity contribution in [2.45, 2.75) is 46.6 Å². The predicted molar refractivity (Wildman–Crippen MR) is 100 cm³/mol. The van der Waals surface area contributed by atoms with E-state index in [4.69, 9.17) is 0 Å². The molecule has 1 aromatic heterocycles. The SMILES string of the molecule is CCC(C)NC(=O)c1cccc(NC(=O)c2nnc(CC(C)C)s2)c1. The molecular formula is C18H24N4O2S. The van der Waals surface area contributed by atoms with Crippen LogP contribution in [-0.4, -0.2) is 28.1 Å². The molecule has 1 heterocycles. The molecule has 134 valence electrons. The monoisotopic (exact) mass is 360 g/mol. The third-order valence-electron chi connectivity index (χ3n) is 3.62. The molecule has 7 heteroatoms. The molecule has 0 saturated heterocycles. The second-order valence-electron chi connectivity index (χ2n) is 6.42. The van der Waals surface area contributed by atoms with E-state index in [1.165, 1.54) is 11.3 Å². The standard InChI is InChI=1S/C18H24N4O2S/c1-5-12(4)19-16(23)13-7-6-8-14(10-13)20-17(24)18-22-21-15(25-18)9-11(2)3/h6-8,10-12H,5,9H2,1-4H3,(H,19,23)(H,20,24). The Morgan fingerprint density at radius 2 is 1.92 bits per heavy atom. The average molecular weight is 360 g/mol. The number of rotatable bonds is 7. The predicted octanol–water partition coefficient (Wildman–Crippen LogP) is 3.52. The fraction of sp³-hybridized carbons (Fsp3) is 0.444. The summed E-state index contributed by atoms with van der Waals surface area (Å²) in [6.07, 6.45) is 1.66. The number of hydrogen-bond acceptors (Lipinski definition) is 5. The van der Waals surface area contributed by atoms with Gasteiger partial charge in [-0.2, -0.15) is 0 Å². The lowest BCUT2D eigenvalue weighted by atomic mass is 10.1. The van der Waals surface area contributed by atoms with Crippen molar-refractivity contribution in [2.24, 2.45) is 5.92 Å². The number of amides is 2. The summed E-state index contributed by atoms with van der Waals surface area (Å²) in [5, 5.41) is 14.9. The van der Waals surface area contributed by atoms with Crippen molar-refractivity contribution in [3.63, 3.8) is 0 Å². The number of carbonyl (C=O) groups excluding carboxylic acids is 2. The van der Waals surface area contributed by atoms with E-state index in [2.05, 4.69) is 34.7 Å². The fourth-order valence-electron chi connectivity index (χ4n) is 2.11. The molecule has 6 nitrogen and oxygen atoms in total. The Morgan fingerprint density at radius 1 is 1.16 bits per heavy atom. The molecule has 0 fully saturated rings. The second-order valence-corrected chi connectivity index (χ2v) is 7.48. The van der Waals surface area contributed by atoms with Gasteiger partial charge in [-0.15, -0.1) is 10.2 Å². The van der Waals surface area contributed by atoms with E-state index < -0.39 is 0 Å². The molecule has 1 atom stereocenters. The van der Waals surface area contributed by atoms with Crippen LogP contribution in [0.4, 0.5) is 5.69 Å². The first-order valence-electron chi connectivity index (χ1n) is 8.43. The molecule has 2 aromatic rings. The molecule has 1 aromatic carbocycles. The lowest BCUT2D eigenvalue weighted by Gasteiger charge is -2.12. The Balaban J connectivity index is 2.04. The quantitative estimate of drug-likeness (QED) is 0.791. The fourth-order valence-corrected chi connectivity index (χ4v) is 3.06. The van der Waals surface area contributed by atoms with E-state index in [0.717, 1.165) is 17.8 Å². The summed E-state index contributed by atoms with van der Waals surface area (Å²) in [5.41, 5.74) is 1.07. The van der Waals surface area contributed by atoms with Crippen molar-refractivity contribution in [3.05, 3.63) is 39.8 Å². The molecule has 0 aliphatic heterocycles. The second kappa shape index (κ2) is 8.71. The van der Waals surface area contributed by atoms with E-state index in [0.29, 0.717) is 22.2 Å². The number of carbonyl (C=O) groups is 2. The van der Waals surface area contributed by atoms with Crippen molar-refractivity contribution >= 4 is 28.8 Å². The minimum atomic E-state index is -0.313. The zero-order valence-electron chi connectivity index (χ0n) is 15.0. The Kier molecular flexibility index (Phi) is 6.64. The highest BCUT2D eigenvalue weighted by Gasteiger charge is 2.15. The zero-order chi connectivity index (χ0) is 18.4. The topological polar surface area (TPSA) is 84.0 Å². The third-order valence-corrected chi connectivity index (χ3v) is 4.56. The summed E-state index contributed by atoms with van der Waals surface area (Å²) >= 11 is 1.30. The van der Waals surface area contributed by atoms with Crippen LogP contribution in [0.25, 0.3) is 0 Å². The minimum absolute atomic E-state index is 0.103. The van der Waals surface area contributed by atoms with Gasteiger partial charge in [0.2, 0.25) is 5.01 Å². The van der Waals surface area contributed by atoms with Crippen LogP contribution in [-0.2, 0) is 6.42 Å². The van der Waals surface area contributed by atoms with Crippen molar-refractivity contribution in [1.29, 1.82) is 0 Å². The number of aromatic nitrogens is 2. The van der Waals surface area contributed by atoms with Crippen LogP contribution in [0.15, 0.2) is 24.3 Å². The Bertz CT molecular complexity index is 742. The van der Waals surface area contributed by atoms with Crippen molar-refractivity contribution < 1.29 is 9.59 Å². The Morgan fingerprint density at radius 3 is 2.60 bits per heavy atom. The lowest BCUT2D eigenvalue weighted by molar-refractivity contribution is 0.0938. The molecule has 0 bridgehead atoms. The van der Waals surface area contributed by atoms with Gasteiger partial charge in [-0.3, -0.25) is 9.59 Å². The first kappa shape index (κ1) is 19.1. The molecule has 25 heavy (non-hydrogen) atoms. The number of nitrogens with zero attached hydrogens (tertiary/aromatic N) is 2. The zero-order valence-corrected chi connectivity index (χ0v) is 15.8. The number of benzene rings is 1. The number of nitrogens with one attached hydrogen (secondary N) is 2. The summed E-state index contributed by atoms with van der Waals surface area (Å²) in [4.78, 5) is 24.5. The molecule has 0 aliphatic carbocycles. The highest BCUT2D eigenvalue weighted by molar-refractivity contribution is 7.13. The first-order chi connectivity index (χ1) is 11.9. The smallest absolute Gasteiger partial charge is 0.286 e. The van der Waals surface area contributed by atoms with Crippen molar-refractivity contribution in [3.8, 4) is 0 Å². The number of hydrogen-bond donors (Lipinski definition) is 2. The van der Waals surface area contributed by atoms with Gasteiger partial charge in [-0.25, -0.2) is 0 Å². The molecule has 0 aliphatic rings. The van der Waals surface area contributed by atoms with Gasteiger partial charge in [-0.05, 0) is 37.5 Å². The summed E-state index contributed by atoms with van der Waals surface area (Å²) in [6, 6.07) is 6.97. The third kappa shape index (κ3) is 5.63. The normalized spacial score (nSPS) is 12.0. The largest absolute Gasteiger partial charge is 0.350 e. The molecule has 2 rings (SSSR count). The molecule has 2 N–H and O–H groups in total. The van der Waals surface area contributed by atoms with Crippen LogP contribution in [0.1, 0.15) is 59.3 Å². The lowest BCUT2D eigenvalue weighted by Crippen LogP contribution is -2.31. The van der Waals surface area contributed by atoms with Gasteiger partial charge in [0.05, 0.1) is 0 Å². The highest BCUT2D eigenvalue weighted by atomic mass is 32.1. The van der Waals surface area contributed by atoms with E-state index in [1.807, 2.05) is 13.8 Å². The minimum Gasteiger partial charge on any atom is -0.350 e. The van der Waals surface area contributed by atoms with Gasteiger partial charge in [0.15, 0.2) is 0 Å². The van der Waals surface area contributed by atoms with Crippen LogP contribution in [0.2, 0.25) is 0 Å². The van der Waals surface area contributed by atoms with Gasteiger partial charge in [0.1, 0.15) is 5.01 Å². The van der Waals surface area contributed by atoms with E-state index in [-0.39, 0.29) is 17.9 Å². The molecule has 1 unspecified atom stereocenters. The first-order valence-corrected chi connectivity index (χ1v) is 9.25. The van der Waals surface area contributed by atoms with Gasteiger partial charge in [-0.1, -0.05) is 38.2 Å². The maximum Gasteiger partial charge on any atom is 0.286 e.